The summed E-state index contributed by atoms with van der Waals surface area (Å²) in [4.78, 5) is 29.4. The lowest BCUT2D eigenvalue weighted by Crippen LogP contribution is -2.41. The van der Waals surface area contributed by atoms with Gasteiger partial charge in [-0.1, -0.05) is 17.3 Å². The summed E-state index contributed by atoms with van der Waals surface area (Å²) < 4.78 is 10.7. The molecule has 10 nitrogen and oxygen atoms in total. The van der Waals surface area contributed by atoms with Crippen LogP contribution < -0.4 is 10.1 Å². The van der Waals surface area contributed by atoms with Crippen molar-refractivity contribution < 1.29 is 19.0 Å². The number of methoxy groups -OCH3 is 1. The fraction of sp³-hybridized carbons (Fsp3) is 0.286. The first-order valence-electron chi connectivity index (χ1n) is 9.85. The summed E-state index contributed by atoms with van der Waals surface area (Å²) in [6, 6.07) is 12.4. The van der Waals surface area contributed by atoms with Crippen molar-refractivity contribution in [2.75, 3.05) is 19.0 Å². The molecule has 0 radical (unpaired) electrons. The van der Waals surface area contributed by atoms with E-state index in [1.54, 1.807) is 12.0 Å². The van der Waals surface area contributed by atoms with Gasteiger partial charge in [-0.05, 0) is 43.5 Å². The Balaban J connectivity index is 1.51. The van der Waals surface area contributed by atoms with Gasteiger partial charge in [-0.25, -0.2) is 4.79 Å². The first kappa shape index (κ1) is 20.3. The van der Waals surface area contributed by atoms with Crippen molar-refractivity contribution >= 4 is 17.4 Å². The molecule has 0 aliphatic carbocycles. The third-order valence-corrected chi connectivity index (χ3v) is 5.15. The van der Waals surface area contributed by atoms with Gasteiger partial charge >= 0.3 is 6.03 Å². The van der Waals surface area contributed by atoms with Gasteiger partial charge in [0.15, 0.2) is 0 Å². The quantitative estimate of drug-likeness (QED) is 0.476. The second kappa shape index (κ2) is 8.82. The lowest BCUT2D eigenvalue weighted by Gasteiger charge is -2.33. The predicted molar refractivity (Wildman–Crippen MR) is 112 cm³/mol. The number of non-ortho nitro benzene ring substituents is 1. The zero-order valence-electron chi connectivity index (χ0n) is 16.9. The average molecular weight is 423 g/mol. The van der Waals surface area contributed by atoms with E-state index in [2.05, 4.69) is 15.5 Å². The monoisotopic (exact) mass is 423 g/mol. The highest BCUT2D eigenvalue weighted by Crippen LogP contribution is 2.32. The number of nitrogens with zero attached hydrogens (tertiary/aromatic N) is 4. The van der Waals surface area contributed by atoms with Crippen LogP contribution in [0.2, 0.25) is 0 Å². The molecule has 0 saturated carbocycles. The summed E-state index contributed by atoms with van der Waals surface area (Å²) in [6.07, 6.45) is 2.50. The van der Waals surface area contributed by atoms with Crippen LogP contribution in [0.25, 0.3) is 11.4 Å². The highest BCUT2D eigenvalue weighted by atomic mass is 16.6. The molecule has 0 bridgehead atoms. The van der Waals surface area contributed by atoms with E-state index in [1.165, 1.54) is 24.3 Å². The minimum Gasteiger partial charge on any atom is -0.497 e. The van der Waals surface area contributed by atoms with Gasteiger partial charge in [-0.3, -0.25) is 10.1 Å². The lowest BCUT2D eigenvalue weighted by molar-refractivity contribution is -0.384. The Bertz CT molecular complexity index is 1080. The Morgan fingerprint density at radius 1 is 1.26 bits per heavy atom. The number of nitro benzene ring substituents is 1. The van der Waals surface area contributed by atoms with Crippen LogP contribution in [0.4, 0.5) is 16.2 Å². The lowest BCUT2D eigenvalue weighted by atomic mass is 10.0. The van der Waals surface area contributed by atoms with E-state index in [9.17, 15) is 14.9 Å². The number of hydrogen-bond acceptors (Lipinski definition) is 7. The molecule has 1 saturated heterocycles. The first-order chi connectivity index (χ1) is 15.0. The molecule has 2 aromatic carbocycles. The number of likely N-dealkylation sites (tertiary alicyclic amines) is 1. The zero-order valence-corrected chi connectivity index (χ0v) is 16.9. The van der Waals surface area contributed by atoms with Crippen molar-refractivity contribution in [3.05, 3.63) is 64.5 Å². The molecule has 160 valence electrons. The van der Waals surface area contributed by atoms with Gasteiger partial charge in [0, 0.05) is 29.9 Å². The van der Waals surface area contributed by atoms with Gasteiger partial charge in [-0.2, -0.15) is 4.98 Å². The maximum atomic E-state index is 12.9. The number of anilines is 1. The van der Waals surface area contributed by atoms with Crippen LogP contribution in [-0.2, 0) is 0 Å². The number of hydrogen-bond donors (Lipinski definition) is 1. The fourth-order valence-electron chi connectivity index (χ4n) is 3.54. The number of rotatable bonds is 5. The SMILES string of the molecule is COc1cccc(-c2noc(C3CCCCN3C(=O)Nc3ccc([N+](=O)[O-])cc3)n2)c1. The zero-order chi connectivity index (χ0) is 21.8. The van der Waals surface area contributed by atoms with E-state index in [4.69, 9.17) is 9.26 Å². The number of urea groups is 1. The molecule has 3 aromatic rings. The van der Waals surface area contributed by atoms with Gasteiger partial charge in [0.25, 0.3) is 5.69 Å². The topological polar surface area (TPSA) is 124 Å². The molecule has 2 heterocycles. The predicted octanol–water partition coefficient (Wildman–Crippen LogP) is 4.41. The Hall–Kier alpha value is -3.95. The molecular formula is C21H21N5O5. The minimum absolute atomic E-state index is 0.0372. The van der Waals surface area contributed by atoms with Crippen LogP contribution in [-0.4, -0.2) is 39.6 Å². The van der Waals surface area contributed by atoms with Crippen molar-refractivity contribution in [1.29, 1.82) is 0 Å². The van der Waals surface area contributed by atoms with E-state index in [0.717, 1.165) is 18.4 Å². The molecule has 1 aliphatic heterocycles. The van der Waals surface area contributed by atoms with Crippen LogP contribution >= 0.6 is 0 Å². The molecule has 4 rings (SSSR count). The summed E-state index contributed by atoms with van der Waals surface area (Å²) in [5.74, 6) is 1.48. The van der Waals surface area contributed by atoms with Gasteiger partial charge in [0.1, 0.15) is 11.8 Å². The number of piperidine rings is 1. The highest BCUT2D eigenvalue weighted by Gasteiger charge is 2.32. The third-order valence-electron chi connectivity index (χ3n) is 5.15. The Morgan fingerprint density at radius 2 is 2.06 bits per heavy atom. The molecule has 1 N–H and O–H groups in total. The molecule has 2 amide bonds. The Morgan fingerprint density at radius 3 is 2.81 bits per heavy atom. The molecule has 1 aliphatic rings. The second-order valence-electron chi connectivity index (χ2n) is 7.13. The fourth-order valence-corrected chi connectivity index (χ4v) is 3.54. The van der Waals surface area contributed by atoms with Crippen LogP contribution in [0.1, 0.15) is 31.2 Å². The maximum absolute atomic E-state index is 12.9. The highest BCUT2D eigenvalue weighted by molar-refractivity contribution is 5.89. The van der Waals surface area contributed by atoms with Crippen molar-refractivity contribution in [2.45, 2.75) is 25.3 Å². The van der Waals surface area contributed by atoms with E-state index in [0.29, 0.717) is 36.1 Å². The molecule has 1 aromatic heterocycles. The normalized spacial score (nSPS) is 16.0. The number of ether oxygens (including phenoxy) is 1. The summed E-state index contributed by atoms with van der Waals surface area (Å²) >= 11 is 0. The van der Waals surface area contributed by atoms with Crippen molar-refractivity contribution in [3.8, 4) is 17.1 Å². The average Bonchev–Trinajstić information content (AvgIpc) is 3.30. The van der Waals surface area contributed by atoms with Crippen LogP contribution in [0, 0.1) is 10.1 Å². The largest absolute Gasteiger partial charge is 0.497 e. The summed E-state index contributed by atoms with van der Waals surface area (Å²) in [6.45, 7) is 0.542. The minimum atomic E-state index is -0.484. The molecule has 1 atom stereocenters. The number of nitro groups is 1. The van der Waals surface area contributed by atoms with Gasteiger partial charge in [0.05, 0.1) is 12.0 Å². The third kappa shape index (κ3) is 4.47. The van der Waals surface area contributed by atoms with Crippen molar-refractivity contribution in [3.63, 3.8) is 0 Å². The summed E-state index contributed by atoms with van der Waals surface area (Å²) in [5.41, 5.74) is 1.19. The molecule has 1 unspecified atom stereocenters. The maximum Gasteiger partial charge on any atom is 0.322 e. The van der Waals surface area contributed by atoms with Crippen LogP contribution in [0.3, 0.4) is 0 Å². The summed E-state index contributed by atoms with van der Waals surface area (Å²) in [7, 11) is 1.59. The molecule has 31 heavy (non-hydrogen) atoms. The second-order valence-corrected chi connectivity index (χ2v) is 7.13. The molecule has 1 fully saturated rings. The Labute approximate surface area is 178 Å². The first-order valence-corrected chi connectivity index (χ1v) is 9.85. The Kier molecular flexibility index (Phi) is 5.78. The van der Waals surface area contributed by atoms with Crippen LogP contribution in [0.5, 0.6) is 5.75 Å². The molecular weight excluding hydrogens is 402 g/mol. The van der Waals surface area contributed by atoms with E-state index in [1.807, 2.05) is 24.3 Å². The number of amides is 2. The van der Waals surface area contributed by atoms with Gasteiger partial charge in [-0.15, -0.1) is 0 Å². The number of nitrogens with one attached hydrogen (secondary N) is 1. The standard InChI is InChI=1S/C21H21N5O5/c1-30-17-6-4-5-14(13-17)19-23-20(31-24-19)18-7-2-3-12-25(18)21(27)22-15-8-10-16(11-9-15)26(28)29/h4-6,8-11,13,18H,2-3,7,12H2,1H3,(H,22,27). The van der Waals surface area contributed by atoms with Crippen molar-refractivity contribution in [2.24, 2.45) is 0 Å². The van der Waals surface area contributed by atoms with Crippen molar-refractivity contribution in [1.82, 2.24) is 15.0 Å². The van der Waals surface area contributed by atoms with E-state index < -0.39 is 4.92 Å². The molecule has 10 heteroatoms. The van der Waals surface area contributed by atoms with Gasteiger partial charge < -0.3 is 19.5 Å². The molecule has 0 spiro atoms. The van der Waals surface area contributed by atoms with Crippen LogP contribution in [0.15, 0.2) is 53.1 Å². The van der Waals surface area contributed by atoms with E-state index >= 15 is 0 Å². The summed E-state index contributed by atoms with van der Waals surface area (Å²) in [5, 5.41) is 17.7. The van der Waals surface area contributed by atoms with E-state index in [-0.39, 0.29) is 17.8 Å². The number of carbonyl (C=O) groups excluding carboxylic acids is 1. The number of aromatic nitrogens is 2. The van der Waals surface area contributed by atoms with Gasteiger partial charge in [0.2, 0.25) is 11.7 Å². The smallest absolute Gasteiger partial charge is 0.322 e. The number of carbonyl (C=O) groups is 1. The number of benzene rings is 2.